The number of likely N-dealkylation sites (tertiary alicyclic amines) is 1. The van der Waals surface area contributed by atoms with Gasteiger partial charge in [0.25, 0.3) is 0 Å². The number of benzene rings is 1. The first-order valence-electron chi connectivity index (χ1n) is 15.3. The molecular weight excluding hydrogens is 552 g/mol. The van der Waals surface area contributed by atoms with Crippen LogP contribution in [0.15, 0.2) is 40.1 Å². The lowest BCUT2D eigenvalue weighted by Gasteiger charge is -2.39. The first kappa shape index (κ1) is 31.0. The number of nitrogens with zero attached hydrogens (tertiary/aromatic N) is 6. The second-order valence-corrected chi connectivity index (χ2v) is 13.7. The molecule has 3 aliphatic rings. The number of aromatic nitrogens is 2. The highest BCUT2D eigenvalue weighted by molar-refractivity contribution is 7.97. The van der Waals surface area contributed by atoms with Gasteiger partial charge >= 0.3 is 0 Å². The summed E-state index contributed by atoms with van der Waals surface area (Å²) in [6.45, 7) is 19.5. The summed E-state index contributed by atoms with van der Waals surface area (Å²) in [5.41, 5.74) is 2.59. The molecular formula is C32H45F2N7S. The Balaban J connectivity index is 1.07. The van der Waals surface area contributed by atoms with Crippen LogP contribution >= 0.6 is 11.9 Å². The van der Waals surface area contributed by atoms with E-state index in [1.807, 2.05) is 25.3 Å². The summed E-state index contributed by atoms with van der Waals surface area (Å²) in [6, 6.07) is 3.42. The number of fused-ring (bicyclic) bond motifs is 1. The number of aryl methyl sites for hydroxylation is 1. The summed E-state index contributed by atoms with van der Waals surface area (Å²) in [7, 11) is 0. The van der Waals surface area contributed by atoms with Gasteiger partial charge in [0.1, 0.15) is 17.0 Å². The van der Waals surface area contributed by atoms with Crippen molar-refractivity contribution < 1.29 is 8.78 Å². The van der Waals surface area contributed by atoms with Crippen LogP contribution in [0.3, 0.4) is 0 Å². The van der Waals surface area contributed by atoms with Gasteiger partial charge in [-0.2, -0.15) is 0 Å². The van der Waals surface area contributed by atoms with Crippen molar-refractivity contribution in [2.75, 3.05) is 39.4 Å². The van der Waals surface area contributed by atoms with Gasteiger partial charge in [0.2, 0.25) is 0 Å². The standard InChI is InChI=1S/C32H45F2N7S/c1-21(2)41-23(4)38-32-28(33)16-25(17-30(32)41)31(35-5)29(34)18-36-20-37-26-6-12-40(13-7-26)42-27-8-10-39(11-9-27)19-24-14-22(3)15-24/h16-18,21,24,26-27,37H,3,5-15,19-20H2,1-2,4H3/b31-29+,36-18-. The molecule has 1 aromatic heterocycles. The van der Waals surface area contributed by atoms with Crippen LogP contribution in [0.1, 0.15) is 69.8 Å². The Hall–Kier alpha value is -2.40. The highest BCUT2D eigenvalue weighted by Crippen LogP contribution is 2.34. The molecule has 0 unspecified atom stereocenters. The summed E-state index contributed by atoms with van der Waals surface area (Å²) in [5.74, 6) is 0.394. The first-order valence-corrected chi connectivity index (χ1v) is 16.1. The van der Waals surface area contributed by atoms with E-state index in [1.54, 1.807) is 6.07 Å². The third kappa shape index (κ3) is 7.38. The SMILES string of the molecule is C=N/C(=C(F)\C=N/CNC1CCN(SC2CCN(CC3CC(=C)C3)CC2)CC1)c1cc(F)c2nc(C)n(C(C)C)c2c1. The van der Waals surface area contributed by atoms with Crippen LogP contribution in [-0.2, 0) is 0 Å². The molecule has 0 amide bonds. The minimum Gasteiger partial charge on any atom is -0.326 e. The van der Waals surface area contributed by atoms with Crippen LogP contribution in [-0.4, -0.2) is 82.4 Å². The molecule has 1 aliphatic carbocycles. The van der Waals surface area contributed by atoms with Crippen molar-refractivity contribution >= 4 is 41.6 Å². The highest BCUT2D eigenvalue weighted by atomic mass is 32.2. The van der Waals surface area contributed by atoms with Crippen LogP contribution in [0.25, 0.3) is 16.7 Å². The second kappa shape index (κ2) is 13.9. The lowest BCUT2D eigenvalue weighted by atomic mass is 9.80. The van der Waals surface area contributed by atoms with Gasteiger partial charge in [0.05, 0.1) is 18.4 Å². The Morgan fingerprint density at radius 3 is 2.52 bits per heavy atom. The van der Waals surface area contributed by atoms with E-state index in [-0.39, 0.29) is 17.3 Å². The van der Waals surface area contributed by atoms with E-state index in [9.17, 15) is 4.39 Å². The molecule has 5 rings (SSSR count). The van der Waals surface area contributed by atoms with Crippen molar-refractivity contribution in [2.24, 2.45) is 15.9 Å². The Bertz CT molecular complexity index is 1330. The fourth-order valence-corrected chi connectivity index (χ4v) is 7.82. The molecule has 3 heterocycles. The van der Waals surface area contributed by atoms with Crippen LogP contribution in [0.2, 0.25) is 0 Å². The first-order chi connectivity index (χ1) is 20.2. The number of halogens is 2. The number of hydrogen-bond donors (Lipinski definition) is 1. The van der Waals surface area contributed by atoms with E-state index in [0.29, 0.717) is 29.6 Å². The van der Waals surface area contributed by atoms with Crippen LogP contribution in [0.5, 0.6) is 0 Å². The highest BCUT2D eigenvalue weighted by Gasteiger charge is 2.28. The summed E-state index contributed by atoms with van der Waals surface area (Å²) < 4.78 is 34.5. The van der Waals surface area contributed by atoms with Gasteiger partial charge < -0.3 is 9.47 Å². The predicted octanol–water partition coefficient (Wildman–Crippen LogP) is 6.56. The van der Waals surface area contributed by atoms with Crippen molar-refractivity contribution in [1.82, 2.24) is 24.1 Å². The van der Waals surface area contributed by atoms with Crippen LogP contribution < -0.4 is 5.32 Å². The lowest BCUT2D eigenvalue weighted by Crippen LogP contribution is -2.43. The monoisotopic (exact) mass is 597 g/mol. The molecule has 7 nitrogen and oxygen atoms in total. The lowest BCUT2D eigenvalue weighted by molar-refractivity contribution is 0.180. The minimum absolute atomic E-state index is 0.0289. The summed E-state index contributed by atoms with van der Waals surface area (Å²) >= 11 is 2.06. The van der Waals surface area contributed by atoms with Crippen LogP contribution in [0, 0.1) is 18.7 Å². The second-order valence-electron chi connectivity index (χ2n) is 12.3. The predicted molar refractivity (Wildman–Crippen MR) is 172 cm³/mol. The van der Waals surface area contributed by atoms with E-state index < -0.39 is 11.6 Å². The van der Waals surface area contributed by atoms with E-state index >= 15 is 4.39 Å². The molecule has 2 saturated heterocycles. The average Bonchev–Trinajstić information content (AvgIpc) is 3.29. The van der Waals surface area contributed by atoms with Gasteiger partial charge in [0, 0.05) is 42.5 Å². The molecule has 0 spiro atoms. The number of hydrogen-bond acceptors (Lipinski definition) is 7. The van der Waals surface area contributed by atoms with Gasteiger partial charge in [-0.3, -0.25) is 19.6 Å². The van der Waals surface area contributed by atoms with Crippen molar-refractivity contribution in [3.8, 4) is 0 Å². The van der Waals surface area contributed by atoms with Crippen molar-refractivity contribution in [3.05, 3.63) is 47.3 Å². The molecule has 3 fully saturated rings. The number of piperidine rings is 2. The maximum absolute atomic E-state index is 15.1. The maximum Gasteiger partial charge on any atom is 0.167 e. The normalized spacial score (nSPS) is 21.0. The van der Waals surface area contributed by atoms with Crippen molar-refractivity contribution in [2.45, 2.75) is 76.6 Å². The Morgan fingerprint density at radius 2 is 1.88 bits per heavy atom. The average molecular weight is 598 g/mol. The molecule has 0 radical (unpaired) electrons. The Labute approximate surface area is 253 Å². The molecule has 2 aromatic rings. The molecule has 1 aromatic carbocycles. The summed E-state index contributed by atoms with van der Waals surface area (Å²) in [6.07, 6.45) is 8.25. The number of imidazole rings is 1. The zero-order valence-corrected chi connectivity index (χ0v) is 26.1. The van der Waals surface area contributed by atoms with Gasteiger partial charge in [0.15, 0.2) is 11.6 Å². The number of rotatable bonds is 11. The van der Waals surface area contributed by atoms with Crippen LogP contribution in [0.4, 0.5) is 8.78 Å². The van der Waals surface area contributed by atoms with Gasteiger partial charge in [-0.25, -0.2) is 13.8 Å². The molecule has 2 aliphatic heterocycles. The number of nitrogens with one attached hydrogen (secondary N) is 1. The molecule has 228 valence electrons. The largest absolute Gasteiger partial charge is 0.326 e. The Morgan fingerprint density at radius 1 is 1.17 bits per heavy atom. The van der Waals surface area contributed by atoms with E-state index in [0.717, 1.165) is 43.3 Å². The maximum atomic E-state index is 15.1. The van der Waals surface area contributed by atoms with Crippen molar-refractivity contribution in [3.63, 3.8) is 0 Å². The summed E-state index contributed by atoms with van der Waals surface area (Å²) in [5, 5.41) is 4.16. The van der Waals surface area contributed by atoms with E-state index in [4.69, 9.17) is 0 Å². The number of allylic oxidation sites excluding steroid dienone is 2. The molecule has 0 atom stereocenters. The fraction of sp³-hybridized carbons (Fsp3) is 0.594. The van der Waals surface area contributed by atoms with Gasteiger partial charge in [-0.05, 0) is 97.2 Å². The molecule has 42 heavy (non-hydrogen) atoms. The van der Waals surface area contributed by atoms with E-state index in [2.05, 4.69) is 54.7 Å². The topological polar surface area (TPSA) is 61.1 Å². The third-order valence-corrected chi connectivity index (χ3v) is 10.2. The van der Waals surface area contributed by atoms with Gasteiger partial charge in [-0.15, -0.1) is 0 Å². The number of aliphatic imine (C=N–C) groups is 2. The quantitative estimate of drug-likeness (QED) is 0.181. The molecule has 0 bridgehead atoms. The smallest absolute Gasteiger partial charge is 0.167 e. The molecule has 10 heteroatoms. The zero-order chi connectivity index (χ0) is 29.8. The molecule has 1 N–H and O–H groups in total. The van der Waals surface area contributed by atoms with E-state index in [1.165, 1.54) is 57.0 Å². The zero-order valence-electron chi connectivity index (χ0n) is 25.3. The van der Waals surface area contributed by atoms with Crippen molar-refractivity contribution in [1.29, 1.82) is 0 Å². The third-order valence-electron chi connectivity index (χ3n) is 8.73. The fourth-order valence-electron chi connectivity index (χ4n) is 6.56. The molecule has 1 saturated carbocycles. The summed E-state index contributed by atoms with van der Waals surface area (Å²) in [4.78, 5) is 15.1. The minimum atomic E-state index is -0.645. The van der Waals surface area contributed by atoms with Gasteiger partial charge in [-0.1, -0.05) is 24.1 Å². The Kier molecular flexibility index (Phi) is 10.3.